The summed E-state index contributed by atoms with van der Waals surface area (Å²) in [5.74, 6) is 0.989. The Morgan fingerprint density at radius 1 is 1.26 bits per heavy atom. The molecular formula is C27H38N6O4S. The summed E-state index contributed by atoms with van der Waals surface area (Å²) in [7, 11) is 1.61. The number of pyridine rings is 2. The number of carbonyl (C=O) groups excluding carboxylic acids is 1. The quantitative estimate of drug-likeness (QED) is 0.408. The Kier molecular flexibility index (Phi) is 8.27. The van der Waals surface area contributed by atoms with Gasteiger partial charge in [-0.25, -0.2) is 9.97 Å². The van der Waals surface area contributed by atoms with Gasteiger partial charge >= 0.3 is 0 Å². The molecule has 2 atom stereocenters. The van der Waals surface area contributed by atoms with Crippen molar-refractivity contribution in [3.05, 3.63) is 30.1 Å². The first-order chi connectivity index (χ1) is 18.4. The Labute approximate surface area is 228 Å². The van der Waals surface area contributed by atoms with E-state index in [9.17, 15) is 9.90 Å². The molecule has 0 aromatic carbocycles. The number of aliphatic hydroxyl groups excluding tert-OH is 1. The summed E-state index contributed by atoms with van der Waals surface area (Å²) in [6.45, 7) is 7.86. The number of nitrogens with zero attached hydrogens (tertiary/aromatic N) is 4. The number of anilines is 3. The van der Waals surface area contributed by atoms with Crippen LogP contribution in [0.25, 0.3) is 0 Å². The highest BCUT2D eigenvalue weighted by molar-refractivity contribution is 7.97. The fraction of sp³-hybridized carbons (Fsp3) is 0.593. The number of amides is 1. The number of ether oxygens (including phenoxy) is 2. The molecule has 3 N–H and O–H groups in total. The Hall–Kier alpha value is -2.60. The lowest BCUT2D eigenvalue weighted by Gasteiger charge is -2.35. The molecule has 11 heteroatoms. The number of aliphatic hydroxyl groups is 1. The van der Waals surface area contributed by atoms with Crippen molar-refractivity contribution in [1.29, 1.82) is 0 Å². The van der Waals surface area contributed by atoms with Crippen molar-refractivity contribution in [2.45, 2.75) is 56.7 Å². The lowest BCUT2D eigenvalue weighted by Crippen LogP contribution is -2.41. The molecule has 1 spiro atoms. The highest BCUT2D eigenvalue weighted by Gasteiger charge is 2.44. The van der Waals surface area contributed by atoms with Gasteiger partial charge in [0.25, 0.3) is 5.91 Å². The summed E-state index contributed by atoms with van der Waals surface area (Å²) in [6.07, 6.45) is 6.80. The van der Waals surface area contributed by atoms with Crippen molar-refractivity contribution in [2.24, 2.45) is 5.41 Å². The van der Waals surface area contributed by atoms with Gasteiger partial charge in [-0.3, -0.25) is 9.52 Å². The minimum absolute atomic E-state index is 0.0441. The van der Waals surface area contributed by atoms with E-state index < -0.39 is 0 Å². The van der Waals surface area contributed by atoms with Crippen molar-refractivity contribution in [3.8, 4) is 5.75 Å². The van der Waals surface area contributed by atoms with Gasteiger partial charge in [-0.15, -0.1) is 0 Å². The molecule has 10 nitrogen and oxygen atoms in total. The summed E-state index contributed by atoms with van der Waals surface area (Å²) in [6, 6.07) is 5.45. The van der Waals surface area contributed by atoms with Gasteiger partial charge in [-0.2, -0.15) is 0 Å². The third kappa shape index (κ3) is 6.17. The second-order valence-electron chi connectivity index (χ2n) is 10.6. The molecule has 3 aliphatic rings. The molecule has 0 radical (unpaired) electrons. The molecule has 0 bridgehead atoms. The molecule has 0 unspecified atom stereocenters. The van der Waals surface area contributed by atoms with E-state index in [4.69, 9.17) is 14.5 Å². The molecule has 3 fully saturated rings. The number of nitrogens with one attached hydrogen (secondary N) is 2. The minimum atomic E-state index is -0.290. The molecular weight excluding hydrogens is 504 g/mol. The Bertz CT molecular complexity index is 1140. The van der Waals surface area contributed by atoms with E-state index in [0.717, 1.165) is 23.8 Å². The number of rotatable bonds is 9. The smallest absolute Gasteiger partial charge is 0.274 e. The number of piperidine rings is 1. The predicted octanol–water partition coefficient (Wildman–Crippen LogP) is 3.32. The van der Waals surface area contributed by atoms with Crippen molar-refractivity contribution < 1.29 is 19.4 Å². The van der Waals surface area contributed by atoms with Gasteiger partial charge in [0.15, 0.2) is 11.6 Å². The van der Waals surface area contributed by atoms with E-state index in [0.29, 0.717) is 48.1 Å². The molecule has 38 heavy (non-hydrogen) atoms. The largest absolute Gasteiger partial charge is 0.493 e. The van der Waals surface area contributed by atoms with Gasteiger partial charge in [0, 0.05) is 32.2 Å². The second-order valence-corrected chi connectivity index (χ2v) is 11.5. The van der Waals surface area contributed by atoms with E-state index in [-0.39, 0.29) is 24.7 Å². The van der Waals surface area contributed by atoms with Gasteiger partial charge < -0.3 is 29.7 Å². The Morgan fingerprint density at radius 2 is 2.05 bits per heavy atom. The zero-order valence-electron chi connectivity index (χ0n) is 22.4. The number of morpholine rings is 1. The van der Waals surface area contributed by atoms with Crippen LogP contribution in [0.2, 0.25) is 0 Å². The first-order valence-corrected chi connectivity index (χ1v) is 14.2. The number of hydrogen-bond donors (Lipinski definition) is 3. The number of aromatic nitrogens is 2. The fourth-order valence-corrected chi connectivity index (χ4v) is 5.75. The Morgan fingerprint density at radius 3 is 2.74 bits per heavy atom. The molecule has 2 aliphatic heterocycles. The summed E-state index contributed by atoms with van der Waals surface area (Å²) < 4.78 is 14.4. The van der Waals surface area contributed by atoms with Crippen molar-refractivity contribution >= 4 is 35.0 Å². The fourth-order valence-electron chi connectivity index (χ4n) is 5.08. The molecule has 5 rings (SSSR count). The molecule has 206 valence electrons. The third-order valence-electron chi connectivity index (χ3n) is 7.70. The normalized spacial score (nSPS) is 21.3. The van der Waals surface area contributed by atoms with Crippen LogP contribution in [0.1, 0.15) is 50.0 Å². The molecule has 2 aromatic heterocycles. The van der Waals surface area contributed by atoms with Gasteiger partial charge in [0.05, 0.1) is 44.0 Å². The van der Waals surface area contributed by atoms with Gasteiger partial charge in [-0.05, 0) is 75.1 Å². The van der Waals surface area contributed by atoms with Gasteiger partial charge in [0.1, 0.15) is 10.7 Å². The molecule has 1 saturated carbocycles. The highest BCUT2D eigenvalue weighted by Crippen LogP contribution is 2.54. The van der Waals surface area contributed by atoms with Crippen LogP contribution in [0.4, 0.5) is 17.2 Å². The van der Waals surface area contributed by atoms with E-state index >= 15 is 0 Å². The zero-order valence-corrected chi connectivity index (χ0v) is 23.2. The van der Waals surface area contributed by atoms with Gasteiger partial charge in [-0.1, -0.05) is 0 Å². The Balaban J connectivity index is 1.37. The van der Waals surface area contributed by atoms with Crippen LogP contribution in [-0.4, -0.2) is 79.6 Å². The lowest BCUT2D eigenvalue weighted by molar-refractivity contribution is 0.0527. The topological polar surface area (TPSA) is 112 Å². The van der Waals surface area contributed by atoms with Crippen LogP contribution in [0.5, 0.6) is 5.75 Å². The first-order valence-electron chi connectivity index (χ1n) is 13.4. The number of methoxy groups -OCH3 is 1. The van der Waals surface area contributed by atoms with Gasteiger partial charge in [0.2, 0.25) is 0 Å². The van der Waals surface area contributed by atoms with Crippen molar-refractivity contribution in [3.63, 3.8) is 0 Å². The highest BCUT2D eigenvalue weighted by atomic mass is 32.2. The van der Waals surface area contributed by atoms with E-state index in [1.807, 2.05) is 19.9 Å². The maximum atomic E-state index is 13.5. The summed E-state index contributed by atoms with van der Waals surface area (Å²) in [4.78, 5) is 27.2. The van der Waals surface area contributed by atoms with Crippen LogP contribution >= 0.6 is 11.9 Å². The van der Waals surface area contributed by atoms with E-state index in [1.54, 1.807) is 25.4 Å². The summed E-state index contributed by atoms with van der Waals surface area (Å²) in [5, 5.41) is 13.2. The maximum absolute atomic E-state index is 13.5. The third-order valence-corrected chi connectivity index (χ3v) is 8.65. The van der Waals surface area contributed by atoms with Crippen LogP contribution in [-0.2, 0) is 4.74 Å². The van der Waals surface area contributed by atoms with Crippen LogP contribution in [0.15, 0.2) is 29.4 Å². The standard InChI is InChI=1S/C27H38N6O4S/c1-18(17-34)31-38-24-14-22(32-10-8-27(6-7-27)9-11-32)21(15-28-24)30-26(35)20-4-5-23(36-3)25(29-20)33-12-13-37-19(2)16-33/h4-5,14-15,18-19,31,34H,6-13,16-17H2,1-3H3,(H,30,35)/t18-,19+/m0/s1. The molecule has 1 aliphatic carbocycles. The van der Waals surface area contributed by atoms with Crippen LogP contribution in [0, 0.1) is 5.41 Å². The SMILES string of the molecule is COc1ccc(C(=O)Nc2cnc(SN[C@@H](C)CO)cc2N2CCC3(CC2)CC3)nc1N1CCO[C@H](C)C1. The monoisotopic (exact) mass is 542 g/mol. The van der Waals surface area contributed by atoms with Crippen LogP contribution < -0.4 is 24.6 Å². The lowest BCUT2D eigenvalue weighted by atomic mass is 9.93. The average Bonchev–Trinajstić information content (AvgIpc) is 3.70. The minimum Gasteiger partial charge on any atom is -0.493 e. The van der Waals surface area contributed by atoms with E-state index in [1.165, 1.54) is 37.6 Å². The molecule has 2 aromatic rings. The maximum Gasteiger partial charge on any atom is 0.274 e. The molecule has 4 heterocycles. The number of carbonyl (C=O) groups is 1. The second kappa shape index (κ2) is 11.6. The predicted molar refractivity (Wildman–Crippen MR) is 149 cm³/mol. The van der Waals surface area contributed by atoms with Crippen molar-refractivity contribution in [2.75, 3.05) is 61.6 Å². The first kappa shape index (κ1) is 27.0. The van der Waals surface area contributed by atoms with E-state index in [2.05, 4.69) is 24.8 Å². The molecule has 1 amide bonds. The molecule has 2 saturated heterocycles. The summed E-state index contributed by atoms with van der Waals surface area (Å²) in [5.41, 5.74) is 2.49. The van der Waals surface area contributed by atoms with Crippen molar-refractivity contribution in [1.82, 2.24) is 14.7 Å². The zero-order chi connectivity index (χ0) is 26.7. The van der Waals surface area contributed by atoms with Crippen LogP contribution in [0.3, 0.4) is 0 Å². The summed E-state index contributed by atoms with van der Waals surface area (Å²) >= 11 is 1.39. The number of hydrogen-bond acceptors (Lipinski definition) is 10. The average molecular weight is 543 g/mol.